The number of carbonyl (C=O) groups is 1. The SMILES string of the molecule is CCCc1ccc(C(=O)CN2CCSCC2C)cc1. The zero-order valence-electron chi connectivity index (χ0n) is 11.9. The lowest BCUT2D eigenvalue weighted by Crippen LogP contribution is -2.43. The van der Waals surface area contributed by atoms with Gasteiger partial charge < -0.3 is 0 Å². The predicted molar refractivity (Wildman–Crippen MR) is 83.1 cm³/mol. The molecular formula is C16H23NOS. The van der Waals surface area contributed by atoms with E-state index in [-0.39, 0.29) is 5.78 Å². The van der Waals surface area contributed by atoms with Crippen molar-refractivity contribution in [2.24, 2.45) is 0 Å². The van der Waals surface area contributed by atoms with Crippen LogP contribution in [0.1, 0.15) is 36.2 Å². The smallest absolute Gasteiger partial charge is 0.176 e. The first-order valence-electron chi connectivity index (χ1n) is 7.14. The van der Waals surface area contributed by atoms with Gasteiger partial charge in [-0.3, -0.25) is 9.69 Å². The number of ketones is 1. The van der Waals surface area contributed by atoms with Crippen molar-refractivity contribution in [3.63, 3.8) is 0 Å². The number of hydrogen-bond acceptors (Lipinski definition) is 3. The Bertz CT molecular complexity index is 415. The van der Waals surface area contributed by atoms with Gasteiger partial charge in [0.2, 0.25) is 0 Å². The summed E-state index contributed by atoms with van der Waals surface area (Å²) in [7, 11) is 0. The highest BCUT2D eigenvalue weighted by atomic mass is 32.2. The molecule has 1 atom stereocenters. The largest absolute Gasteiger partial charge is 0.293 e. The Labute approximate surface area is 120 Å². The quantitative estimate of drug-likeness (QED) is 0.771. The van der Waals surface area contributed by atoms with E-state index < -0.39 is 0 Å². The summed E-state index contributed by atoms with van der Waals surface area (Å²) in [6.45, 7) is 5.99. The Balaban J connectivity index is 1.95. The first kappa shape index (κ1) is 14.6. The normalized spacial score (nSPS) is 20.4. The number of hydrogen-bond donors (Lipinski definition) is 0. The second-order valence-corrected chi connectivity index (χ2v) is 6.41. The van der Waals surface area contributed by atoms with Crippen LogP contribution in [-0.2, 0) is 6.42 Å². The molecule has 0 aliphatic carbocycles. The third kappa shape index (κ3) is 4.08. The fourth-order valence-electron chi connectivity index (χ4n) is 2.42. The van der Waals surface area contributed by atoms with E-state index in [4.69, 9.17) is 0 Å². The summed E-state index contributed by atoms with van der Waals surface area (Å²) in [6.07, 6.45) is 2.24. The van der Waals surface area contributed by atoms with E-state index >= 15 is 0 Å². The van der Waals surface area contributed by atoms with E-state index in [0.717, 1.165) is 36.5 Å². The molecule has 1 saturated heterocycles. The first-order valence-corrected chi connectivity index (χ1v) is 8.30. The standard InChI is InChI=1S/C16H23NOS/c1-3-4-14-5-7-15(8-6-14)16(18)11-17-9-10-19-12-13(17)2/h5-8,13H,3-4,9-12H2,1-2H3. The fraction of sp³-hybridized carbons (Fsp3) is 0.562. The van der Waals surface area contributed by atoms with Crippen molar-refractivity contribution in [3.05, 3.63) is 35.4 Å². The van der Waals surface area contributed by atoms with E-state index in [2.05, 4.69) is 30.9 Å². The minimum Gasteiger partial charge on any atom is -0.293 e. The lowest BCUT2D eigenvalue weighted by Gasteiger charge is -2.32. The van der Waals surface area contributed by atoms with E-state index in [1.54, 1.807) is 0 Å². The molecule has 1 aliphatic heterocycles. The third-order valence-electron chi connectivity index (χ3n) is 3.67. The summed E-state index contributed by atoms with van der Waals surface area (Å²) in [5.74, 6) is 2.54. The second kappa shape index (κ2) is 7.11. The van der Waals surface area contributed by atoms with Crippen molar-refractivity contribution in [1.29, 1.82) is 0 Å². The fourth-order valence-corrected chi connectivity index (χ4v) is 3.50. The molecule has 2 rings (SSSR count). The zero-order valence-corrected chi connectivity index (χ0v) is 12.7. The maximum absolute atomic E-state index is 12.3. The Morgan fingerprint density at radius 1 is 1.37 bits per heavy atom. The van der Waals surface area contributed by atoms with Crippen LogP contribution in [-0.4, -0.2) is 41.3 Å². The minimum absolute atomic E-state index is 0.252. The Morgan fingerprint density at radius 3 is 2.74 bits per heavy atom. The highest BCUT2D eigenvalue weighted by molar-refractivity contribution is 7.99. The van der Waals surface area contributed by atoms with Crippen molar-refractivity contribution in [2.45, 2.75) is 32.7 Å². The molecule has 1 fully saturated rings. The van der Waals surface area contributed by atoms with Crippen LogP contribution < -0.4 is 0 Å². The maximum Gasteiger partial charge on any atom is 0.176 e. The summed E-state index contributed by atoms with van der Waals surface area (Å²) in [4.78, 5) is 14.6. The molecule has 1 aliphatic rings. The Kier molecular flexibility index (Phi) is 5.46. The maximum atomic E-state index is 12.3. The number of Topliss-reactive ketones (excluding diaryl/α,β-unsaturated/α-hetero) is 1. The number of carbonyl (C=O) groups excluding carboxylic acids is 1. The van der Waals surface area contributed by atoms with E-state index in [9.17, 15) is 4.79 Å². The predicted octanol–water partition coefficient (Wildman–Crippen LogP) is 3.26. The van der Waals surface area contributed by atoms with Crippen molar-refractivity contribution in [3.8, 4) is 0 Å². The van der Waals surface area contributed by atoms with Gasteiger partial charge in [0.15, 0.2) is 5.78 Å². The van der Waals surface area contributed by atoms with Gasteiger partial charge in [0.05, 0.1) is 6.54 Å². The molecular weight excluding hydrogens is 254 g/mol. The van der Waals surface area contributed by atoms with Gasteiger partial charge in [-0.2, -0.15) is 11.8 Å². The van der Waals surface area contributed by atoms with E-state index in [1.807, 2.05) is 23.9 Å². The summed E-state index contributed by atoms with van der Waals surface area (Å²) in [5.41, 5.74) is 2.17. The molecule has 19 heavy (non-hydrogen) atoms. The minimum atomic E-state index is 0.252. The molecule has 2 nitrogen and oxygen atoms in total. The third-order valence-corrected chi connectivity index (χ3v) is 4.86. The van der Waals surface area contributed by atoms with Gasteiger partial charge >= 0.3 is 0 Å². The highest BCUT2D eigenvalue weighted by Crippen LogP contribution is 2.16. The van der Waals surface area contributed by atoms with Crippen LogP contribution >= 0.6 is 11.8 Å². The molecule has 0 spiro atoms. The van der Waals surface area contributed by atoms with Gasteiger partial charge in [-0.25, -0.2) is 0 Å². The molecule has 1 unspecified atom stereocenters. The summed E-state index contributed by atoms with van der Waals surface area (Å²) in [5, 5.41) is 0. The summed E-state index contributed by atoms with van der Waals surface area (Å²) in [6, 6.07) is 8.66. The van der Waals surface area contributed by atoms with Crippen molar-refractivity contribution in [2.75, 3.05) is 24.6 Å². The van der Waals surface area contributed by atoms with Crippen molar-refractivity contribution < 1.29 is 4.79 Å². The van der Waals surface area contributed by atoms with Crippen LogP contribution in [0.4, 0.5) is 0 Å². The van der Waals surface area contributed by atoms with E-state index in [1.165, 1.54) is 5.56 Å². The number of thioether (sulfide) groups is 1. The Hall–Kier alpha value is -0.800. The molecule has 104 valence electrons. The molecule has 0 amide bonds. The lowest BCUT2D eigenvalue weighted by atomic mass is 10.0. The number of aryl methyl sites for hydroxylation is 1. The van der Waals surface area contributed by atoms with Crippen LogP contribution in [0.25, 0.3) is 0 Å². The zero-order chi connectivity index (χ0) is 13.7. The first-order chi connectivity index (χ1) is 9.20. The molecule has 0 bridgehead atoms. The van der Waals surface area contributed by atoms with Crippen LogP contribution in [0.15, 0.2) is 24.3 Å². The van der Waals surface area contributed by atoms with Gasteiger partial charge in [-0.15, -0.1) is 0 Å². The van der Waals surface area contributed by atoms with Crippen molar-refractivity contribution >= 4 is 17.5 Å². The molecule has 0 radical (unpaired) electrons. The topological polar surface area (TPSA) is 20.3 Å². The molecule has 1 aromatic rings. The molecule has 1 aromatic carbocycles. The highest BCUT2D eigenvalue weighted by Gasteiger charge is 2.21. The molecule has 0 N–H and O–H groups in total. The lowest BCUT2D eigenvalue weighted by molar-refractivity contribution is 0.0911. The molecule has 3 heteroatoms. The van der Waals surface area contributed by atoms with Crippen LogP contribution in [0.5, 0.6) is 0 Å². The average molecular weight is 277 g/mol. The van der Waals surface area contributed by atoms with Gasteiger partial charge in [-0.05, 0) is 18.9 Å². The summed E-state index contributed by atoms with van der Waals surface area (Å²) >= 11 is 1.98. The van der Waals surface area contributed by atoms with Crippen LogP contribution in [0.2, 0.25) is 0 Å². The van der Waals surface area contributed by atoms with Crippen LogP contribution in [0.3, 0.4) is 0 Å². The average Bonchev–Trinajstić information content (AvgIpc) is 2.42. The number of benzene rings is 1. The molecule has 1 heterocycles. The van der Waals surface area contributed by atoms with Gasteiger partial charge in [0.1, 0.15) is 0 Å². The molecule has 0 aromatic heterocycles. The van der Waals surface area contributed by atoms with Gasteiger partial charge in [0, 0.05) is 29.7 Å². The molecule has 0 saturated carbocycles. The monoisotopic (exact) mass is 277 g/mol. The summed E-state index contributed by atoms with van der Waals surface area (Å²) < 4.78 is 0. The number of rotatable bonds is 5. The van der Waals surface area contributed by atoms with E-state index in [0.29, 0.717) is 12.6 Å². The second-order valence-electron chi connectivity index (χ2n) is 5.26. The van der Waals surface area contributed by atoms with Crippen molar-refractivity contribution in [1.82, 2.24) is 4.90 Å². The van der Waals surface area contributed by atoms with Gasteiger partial charge in [0.25, 0.3) is 0 Å². The van der Waals surface area contributed by atoms with Gasteiger partial charge in [-0.1, -0.05) is 37.6 Å². The number of nitrogens with zero attached hydrogens (tertiary/aromatic N) is 1. The Morgan fingerprint density at radius 2 is 2.11 bits per heavy atom. The van der Waals surface area contributed by atoms with Crippen LogP contribution in [0, 0.1) is 0 Å².